The molecule has 0 saturated heterocycles. The van der Waals surface area contributed by atoms with Crippen molar-refractivity contribution in [3.8, 4) is 0 Å². The van der Waals surface area contributed by atoms with Crippen molar-refractivity contribution in [1.82, 2.24) is 5.32 Å². The minimum atomic E-state index is 0.292. The second-order valence-corrected chi connectivity index (χ2v) is 5.38. The maximum Gasteiger partial charge on any atom is 0.170 e. The van der Waals surface area contributed by atoms with Gasteiger partial charge in [0.1, 0.15) is 0 Å². The van der Waals surface area contributed by atoms with Gasteiger partial charge in [0.25, 0.3) is 0 Å². The molecular weight excluding hydrogens is 256 g/mol. The van der Waals surface area contributed by atoms with E-state index in [0.29, 0.717) is 11.2 Å². The van der Waals surface area contributed by atoms with Gasteiger partial charge in [-0.1, -0.05) is 17.7 Å². The first kappa shape index (κ1) is 15.9. The molecule has 0 unspecified atom stereocenters. The molecule has 0 aromatic heterocycles. The van der Waals surface area contributed by atoms with Gasteiger partial charge in [0.15, 0.2) is 5.11 Å². The molecular formula is C15H24N2OS. The molecule has 106 valence electrons. The molecule has 0 saturated carbocycles. The van der Waals surface area contributed by atoms with Crippen LogP contribution in [0.5, 0.6) is 0 Å². The van der Waals surface area contributed by atoms with Gasteiger partial charge < -0.3 is 15.4 Å². The molecule has 0 heterocycles. The van der Waals surface area contributed by atoms with Crippen LogP contribution in [0, 0.1) is 13.8 Å². The summed E-state index contributed by atoms with van der Waals surface area (Å²) < 4.78 is 5.47. The van der Waals surface area contributed by atoms with Crippen LogP contribution in [0.15, 0.2) is 18.2 Å². The minimum absolute atomic E-state index is 0.292. The van der Waals surface area contributed by atoms with Gasteiger partial charge in [0.05, 0.1) is 6.10 Å². The van der Waals surface area contributed by atoms with E-state index in [1.165, 1.54) is 11.1 Å². The third-order valence-electron chi connectivity index (χ3n) is 2.69. The van der Waals surface area contributed by atoms with Gasteiger partial charge in [-0.05, 0) is 58.0 Å². The second-order valence-electron chi connectivity index (χ2n) is 4.97. The third kappa shape index (κ3) is 6.55. The summed E-state index contributed by atoms with van der Waals surface area (Å²) in [5, 5.41) is 7.07. The zero-order chi connectivity index (χ0) is 14.3. The summed E-state index contributed by atoms with van der Waals surface area (Å²) in [7, 11) is 0. The van der Waals surface area contributed by atoms with Crippen molar-refractivity contribution in [2.45, 2.75) is 40.2 Å². The van der Waals surface area contributed by atoms with E-state index in [2.05, 4.69) is 42.7 Å². The van der Waals surface area contributed by atoms with Gasteiger partial charge in [-0.25, -0.2) is 0 Å². The molecule has 0 bridgehead atoms. The molecule has 1 aromatic carbocycles. The molecule has 0 aliphatic carbocycles. The van der Waals surface area contributed by atoms with E-state index in [1.54, 1.807) is 0 Å². The number of thiocarbonyl (C=S) groups is 1. The Morgan fingerprint density at radius 1 is 1.32 bits per heavy atom. The molecule has 4 heteroatoms. The molecule has 0 amide bonds. The lowest BCUT2D eigenvalue weighted by Gasteiger charge is -2.13. The SMILES string of the molecule is Cc1ccc(NC(=S)NCCCOC(C)C)c(C)c1. The van der Waals surface area contributed by atoms with Gasteiger partial charge in [-0.15, -0.1) is 0 Å². The summed E-state index contributed by atoms with van der Waals surface area (Å²) in [5.41, 5.74) is 3.52. The third-order valence-corrected chi connectivity index (χ3v) is 2.93. The van der Waals surface area contributed by atoms with Crippen molar-refractivity contribution in [1.29, 1.82) is 0 Å². The molecule has 0 aliphatic rings. The highest BCUT2D eigenvalue weighted by Gasteiger charge is 2.01. The average molecular weight is 280 g/mol. The van der Waals surface area contributed by atoms with E-state index >= 15 is 0 Å². The largest absolute Gasteiger partial charge is 0.379 e. The Balaban J connectivity index is 2.27. The summed E-state index contributed by atoms with van der Waals surface area (Å²) >= 11 is 5.27. The highest BCUT2D eigenvalue weighted by atomic mass is 32.1. The zero-order valence-corrected chi connectivity index (χ0v) is 13.1. The Kier molecular flexibility index (Phi) is 6.81. The van der Waals surface area contributed by atoms with Crippen LogP contribution in [-0.2, 0) is 4.74 Å². The molecule has 0 fully saturated rings. The van der Waals surface area contributed by atoms with Crippen LogP contribution in [0.4, 0.5) is 5.69 Å². The van der Waals surface area contributed by atoms with Crippen molar-refractivity contribution < 1.29 is 4.74 Å². The normalized spacial score (nSPS) is 10.6. The molecule has 1 rings (SSSR count). The fourth-order valence-corrected chi connectivity index (χ4v) is 1.93. The first-order valence-electron chi connectivity index (χ1n) is 6.72. The van der Waals surface area contributed by atoms with Crippen molar-refractivity contribution in [2.75, 3.05) is 18.5 Å². The summed E-state index contributed by atoms with van der Waals surface area (Å²) in [6.07, 6.45) is 1.24. The number of ether oxygens (including phenoxy) is 1. The molecule has 3 nitrogen and oxygen atoms in total. The average Bonchev–Trinajstić information content (AvgIpc) is 2.32. The Morgan fingerprint density at radius 2 is 2.05 bits per heavy atom. The van der Waals surface area contributed by atoms with Crippen LogP contribution >= 0.6 is 12.2 Å². The minimum Gasteiger partial charge on any atom is -0.379 e. The van der Waals surface area contributed by atoms with Crippen molar-refractivity contribution in [3.63, 3.8) is 0 Å². The second kappa shape index (κ2) is 8.12. The van der Waals surface area contributed by atoms with Crippen LogP contribution in [0.3, 0.4) is 0 Å². The predicted molar refractivity (Wildman–Crippen MR) is 85.8 cm³/mol. The first-order valence-corrected chi connectivity index (χ1v) is 7.13. The van der Waals surface area contributed by atoms with Gasteiger partial charge in [-0.3, -0.25) is 0 Å². The van der Waals surface area contributed by atoms with Crippen LogP contribution in [-0.4, -0.2) is 24.4 Å². The zero-order valence-electron chi connectivity index (χ0n) is 12.2. The predicted octanol–water partition coefficient (Wildman–Crippen LogP) is 3.40. The van der Waals surface area contributed by atoms with Gasteiger partial charge in [0.2, 0.25) is 0 Å². The Morgan fingerprint density at radius 3 is 2.68 bits per heavy atom. The molecule has 19 heavy (non-hydrogen) atoms. The topological polar surface area (TPSA) is 33.3 Å². The highest BCUT2D eigenvalue weighted by molar-refractivity contribution is 7.80. The van der Waals surface area contributed by atoms with Gasteiger partial charge >= 0.3 is 0 Å². The van der Waals surface area contributed by atoms with Gasteiger partial charge in [0, 0.05) is 18.8 Å². The van der Waals surface area contributed by atoms with Crippen molar-refractivity contribution in [3.05, 3.63) is 29.3 Å². The van der Waals surface area contributed by atoms with Crippen molar-refractivity contribution >= 4 is 23.0 Å². The maximum atomic E-state index is 5.47. The summed E-state index contributed by atoms with van der Waals surface area (Å²) in [6.45, 7) is 9.83. The number of nitrogens with one attached hydrogen (secondary N) is 2. The number of hydrogen-bond acceptors (Lipinski definition) is 2. The number of aryl methyl sites for hydroxylation is 2. The number of hydrogen-bond donors (Lipinski definition) is 2. The Hall–Kier alpha value is -1.13. The maximum absolute atomic E-state index is 5.47. The van der Waals surface area contributed by atoms with E-state index in [4.69, 9.17) is 17.0 Å². The van der Waals surface area contributed by atoms with E-state index < -0.39 is 0 Å². The number of rotatable bonds is 6. The molecule has 0 radical (unpaired) electrons. The fourth-order valence-electron chi connectivity index (χ4n) is 1.71. The lowest BCUT2D eigenvalue weighted by atomic mass is 10.1. The van der Waals surface area contributed by atoms with Crippen molar-refractivity contribution in [2.24, 2.45) is 0 Å². The van der Waals surface area contributed by atoms with E-state index in [0.717, 1.165) is 25.3 Å². The molecule has 1 aromatic rings. The molecule has 0 aliphatic heterocycles. The van der Waals surface area contributed by atoms with Crippen LogP contribution in [0.1, 0.15) is 31.4 Å². The standard InChI is InChI=1S/C15H24N2OS/c1-11(2)18-9-5-8-16-15(19)17-14-7-6-12(3)10-13(14)4/h6-7,10-11H,5,8-9H2,1-4H3,(H2,16,17,19). The van der Waals surface area contributed by atoms with Crippen LogP contribution < -0.4 is 10.6 Å². The van der Waals surface area contributed by atoms with Crippen LogP contribution in [0.2, 0.25) is 0 Å². The summed E-state index contributed by atoms with van der Waals surface area (Å²) in [5.74, 6) is 0. The van der Waals surface area contributed by atoms with E-state index in [-0.39, 0.29) is 0 Å². The molecule has 0 spiro atoms. The van der Waals surface area contributed by atoms with Gasteiger partial charge in [-0.2, -0.15) is 0 Å². The molecule has 0 atom stereocenters. The van der Waals surface area contributed by atoms with E-state index in [9.17, 15) is 0 Å². The smallest absolute Gasteiger partial charge is 0.170 e. The molecule has 2 N–H and O–H groups in total. The Bertz CT molecular complexity index is 419. The number of anilines is 1. The summed E-state index contributed by atoms with van der Waals surface area (Å²) in [6, 6.07) is 6.27. The number of benzene rings is 1. The first-order chi connectivity index (χ1) is 8.99. The summed E-state index contributed by atoms with van der Waals surface area (Å²) in [4.78, 5) is 0. The monoisotopic (exact) mass is 280 g/mol. The quantitative estimate of drug-likeness (QED) is 0.618. The Labute approximate surface area is 121 Å². The lowest BCUT2D eigenvalue weighted by molar-refractivity contribution is 0.0777. The lowest BCUT2D eigenvalue weighted by Crippen LogP contribution is -2.30. The fraction of sp³-hybridized carbons (Fsp3) is 0.533. The van der Waals surface area contributed by atoms with Crippen LogP contribution in [0.25, 0.3) is 0 Å². The van der Waals surface area contributed by atoms with E-state index in [1.807, 2.05) is 13.8 Å². The highest BCUT2D eigenvalue weighted by Crippen LogP contribution is 2.15.